The fourth-order valence-electron chi connectivity index (χ4n) is 1.88. The number of methoxy groups -OCH3 is 2. The molecule has 90 valence electrons. The first-order valence-corrected chi connectivity index (χ1v) is 4.98. The summed E-state index contributed by atoms with van der Waals surface area (Å²) in [5.74, 6) is -0.330. The molecule has 1 aromatic carbocycles. The average Bonchev–Trinajstić information content (AvgIpc) is 2.18. The van der Waals surface area contributed by atoms with Crippen molar-refractivity contribution in [2.75, 3.05) is 14.2 Å². The van der Waals surface area contributed by atoms with Gasteiger partial charge in [0.2, 0.25) is 0 Å². The standard InChI is InChI=1S/C12H17FO3/c1-8-7-9(13)5-6-10(8)12(2,14)11(15-3)16-4/h5-7,11,14H,1-4H3. The van der Waals surface area contributed by atoms with E-state index in [0.29, 0.717) is 11.1 Å². The number of benzene rings is 1. The molecule has 1 atom stereocenters. The minimum atomic E-state index is -1.32. The van der Waals surface area contributed by atoms with Crippen molar-refractivity contribution >= 4 is 0 Å². The molecule has 16 heavy (non-hydrogen) atoms. The maximum atomic E-state index is 13.0. The van der Waals surface area contributed by atoms with E-state index >= 15 is 0 Å². The van der Waals surface area contributed by atoms with Crippen LogP contribution in [0.15, 0.2) is 18.2 Å². The molecule has 1 aromatic rings. The minimum absolute atomic E-state index is 0.330. The van der Waals surface area contributed by atoms with Crippen molar-refractivity contribution in [3.8, 4) is 0 Å². The molecule has 1 rings (SSSR count). The lowest BCUT2D eigenvalue weighted by atomic mass is 9.91. The van der Waals surface area contributed by atoms with E-state index in [-0.39, 0.29) is 5.82 Å². The molecule has 0 amide bonds. The van der Waals surface area contributed by atoms with Gasteiger partial charge in [-0.15, -0.1) is 0 Å². The van der Waals surface area contributed by atoms with Gasteiger partial charge in [-0.25, -0.2) is 4.39 Å². The maximum Gasteiger partial charge on any atom is 0.189 e. The molecule has 0 aliphatic carbocycles. The Balaban J connectivity index is 3.15. The summed E-state index contributed by atoms with van der Waals surface area (Å²) < 4.78 is 23.0. The Bertz CT molecular complexity index is 359. The summed E-state index contributed by atoms with van der Waals surface area (Å²) in [7, 11) is 2.89. The molecule has 0 saturated carbocycles. The minimum Gasteiger partial charge on any atom is -0.380 e. The third-order valence-corrected chi connectivity index (χ3v) is 2.62. The molecule has 0 spiro atoms. The van der Waals surface area contributed by atoms with Crippen molar-refractivity contribution in [2.45, 2.75) is 25.7 Å². The summed E-state index contributed by atoms with van der Waals surface area (Å²) in [6.45, 7) is 3.31. The SMILES string of the molecule is COC(OC)C(C)(O)c1ccc(F)cc1C. The molecule has 0 radical (unpaired) electrons. The van der Waals surface area contributed by atoms with Crippen molar-refractivity contribution in [2.24, 2.45) is 0 Å². The van der Waals surface area contributed by atoms with E-state index < -0.39 is 11.9 Å². The number of rotatable bonds is 4. The van der Waals surface area contributed by atoms with Gasteiger partial charge in [0.25, 0.3) is 0 Å². The van der Waals surface area contributed by atoms with Crippen molar-refractivity contribution < 1.29 is 19.0 Å². The largest absolute Gasteiger partial charge is 0.380 e. The monoisotopic (exact) mass is 228 g/mol. The molecule has 4 heteroatoms. The van der Waals surface area contributed by atoms with Gasteiger partial charge in [-0.05, 0) is 37.1 Å². The van der Waals surface area contributed by atoms with Crippen molar-refractivity contribution in [1.82, 2.24) is 0 Å². The second-order valence-corrected chi connectivity index (χ2v) is 3.91. The molecule has 3 nitrogen and oxygen atoms in total. The van der Waals surface area contributed by atoms with Crippen molar-refractivity contribution in [3.05, 3.63) is 35.1 Å². The molecule has 0 saturated heterocycles. The number of aryl methyl sites for hydroxylation is 1. The second-order valence-electron chi connectivity index (χ2n) is 3.91. The van der Waals surface area contributed by atoms with E-state index in [1.807, 2.05) is 0 Å². The van der Waals surface area contributed by atoms with E-state index in [2.05, 4.69) is 0 Å². The zero-order valence-electron chi connectivity index (χ0n) is 9.95. The Morgan fingerprint density at radius 3 is 2.31 bits per heavy atom. The smallest absolute Gasteiger partial charge is 0.189 e. The summed E-state index contributed by atoms with van der Waals surface area (Å²) in [6.07, 6.45) is -0.795. The summed E-state index contributed by atoms with van der Waals surface area (Å²) in [5.41, 5.74) is -0.0759. The van der Waals surface area contributed by atoms with Gasteiger partial charge >= 0.3 is 0 Å². The highest BCUT2D eigenvalue weighted by Gasteiger charge is 2.35. The normalized spacial score (nSPS) is 15.2. The highest BCUT2D eigenvalue weighted by molar-refractivity contribution is 5.32. The molecule has 0 aromatic heterocycles. The number of aliphatic hydroxyl groups is 1. The van der Waals surface area contributed by atoms with Crippen molar-refractivity contribution in [3.63, 3.8) is 0 Å². The highest BCUT2D eigenvalue weighted by Crippen LogP contribution is 2.29. The van der Waals surface area contributed by atoms with Crippen molar-refractivity contribution in [1.29, 1.82) is 0 Å². The topological polar surface area (TPSA) is 38.7 Å². The first kappa shape index (κ1) is 13.1. The molecule has 1 unspecified atom stereocenters. The molecular formula is C12H17FO3. The Kier molecular flexibility index (Phi) is 4.02. The van der Waals surface area contributed by atoms with Crippen LogP contribution >= 0.6 is 0 Å². The Labute approximate surface area is 94.8 Å². The van der Waals surface area contributed by atoms with Crippen LogP contribution < -0.4 is 0 Å². The number of halogens is 1. The van der Waals surface area contributed by atoms with Gasteiger partial charge < -0.3 is 14.6 Å². The van der Waals surface area contributed by atoms with E-state index in [9.17, 15) is 9.50 Å². The van der Waals surface area contributed by atoms with Gasteiger partial charge in [-0.2, -0.15) is 0 Å². The van der Waals surface area contributed by atoms with Crippen LogP contribution in [0.4, 0.5) is 4.39 Å². The Morgan fingerprint density at radius 1 is 1.31 bits per heavy atom. The Hall–Kier alpha value is -0.970. The van der Waals surface area contributed by atoms with Crippen LogP contribution in [0, 0.1) is 12.7 Å². The van der Waals surface area contributed by atoms with Gasteiger partial charge in [-0.1, -0.05) is 6.07 Å². The van der Waals surface area contributed by atoms with Crippen LogP contribution in [0.1, 0.15) is 18.1 Å². The lowest BCUT2D eigenvalue weighted by Gasteiger charge is -2.32. The van der Waals surface area contributed by atoms with E-state index in [4.69, 9.17) is 9.47 Å². The third-order valence-electron chi connectivity index (χ3n) is 2.62. The quantitative estimate of drug-likeness (QED) is 0.801. The van der Waals surface area contributed by atoms with E-state index in [1.165, 1.54) is 32.4 Å². The van der Waals surface area contributed by atoms with Crippen LogP contribution in [-0.2, 0) is 15.1 Å². The van der Waals surface area contributed by atoms with Crippen LogP contribution in [0.3, 0.4) is 0 Å². The zero-order chi connectivity index (χ0) is 12.3. The lowest BCUT2D eigenvalue weighted by molar-refractivity contribution is -0.213. The molecule has 0 aliphatic rings. The van der Waals surface area contributed by atoms with Gasteiger partial charge in [0, 0.05) is 14.2 Å². The zero-order valence-corrected chi connectivity index (χ0v) is 9.95. The fourth-order valence-corrected chi connectivity index (χ4v) is 1.88. The predicted molar refractivity (Wildman–Crippen MR) is 58.5 cm³/mol. The molecule has 0 bridgehead atoms. The fraction of sp³-hybridized carbons (Fsp3) is 0.500. The third kappa shape index (κ3) is 2.40. The second kappa shape index (κ2) is 4.91. The predicted octanol–water partition coefficient (Wildman–Crippen LogP) is 1.96. The molecule has 1 N–H and O–H groups in total. The highest BCUT2D eigenvalue weighted by atomic mass is 19.1. The number of hydrogen-bond donors (Lipinski definition) is 1. The molecule has 0 aliphatic heterocycles. The van der Waals surface area contributed by atoms with Crippen LogP contribution in [0.2, 0.25) is 0 Å². The first-order chi connectivity index (χ1) is 7.43. The van der Waals surface area contributed by atoms with Crippen LogP contribution in [0.25, 0.3) is 0 Å². The maximum absolute atomic E-state index is 13.0. The van der Waals surface area contributed by atoms with Gasteiger partial charge in [-0.3, -0.25) is 0 Å². The van der Waals surface area contributed by atoms with Gasteiger partial charge in [0.05, 0.1) is 0 Å². The van der Waals surface area contributed by atoms with Gasteiger partial charge in [0.15, 0.2) is 6.29 Å². The summed E-state index contributed by atoms with van der Waals surface area (Å²) in [5, 5.41) is 10.3. The molecular weight excluding hydrogens is 211 g/mol. The average molecular weight is 228 g/mol. The Morgan fingerprint density at radius 2 is 1.88 bits per heavy atom. The van der Waals surface area contributed by atoms with E-state index in [0.717, 1.165) is 0 Å². The van der Waals surface area contributed by atoms with Crippen LogP contribution in [0.5, 0.6) is 0 Å². The van der Waals surface area contributed by atoms with Crippen LogP contribution in [-0.4, -0.2) is 25.6 Å². The summed E-state index contributed by atoms with van der Waals surface area (Å²) in [4.78, 5) is 0. The number of hydrogen-bond acceptors (Lipinski definition) is 3. The number of ether oxygens (including phenoxy) is 2. The summed E-state index contributed by atoms with van der Waals surface area (Å²) in [6, 6.07) is 4.21. The lowest BCUT2D eigenvalue weighted by Crippen LogP contribution is -2.39. The van der Waals surface area contributed by atoms with E-state index in [1.54, 1.807) is 13.8 Å². The molecule has 0 heterocycles. The van der Waals surface area contributed by atoms with Gasteiger partial charge in [0.1, 0.15) is 11.4 Å². The molecule has 0 fully saturated rings. The summed E-state index contributed by atoms with van der Waals surface area (Å²) >= 11 is 0. The first-order valence-electron chi connectivity index (χ1n) is 4.98.